The molecule has 10 nitrogen and oxygen atoms in total. The quantitative estimate of drug-likeness (QED) is 0.221. The highest BCUT2D eigenvalue weighted by Gasteiger charge is 2.54. The van der Waals surface area contributed by atoms with Crippen LogP contribution >= 0.6 is 12.4 Å². The van der Waals surface area contributed by atoms with Crippen molar-refractivity contribution >= 4 is 50.6 Å². The minimum absolute atomic E-state index is 0. The molecule has 1 spiro atoms. The Bertz CT molecular complexity index is 1880. The Hall–Kier alpha value is -3.80. The van der Waals surface area contributed by atoms with Gasteiger partial charge in [0.1, 0.15) is 10.6 Å². The lowest BCUT2D eigenvalue weighted by atomic mass is 9.64. The number of carbonyl (C=O) groups excluding carboxylic acids is 1. The van der Waals surface area contributed by atoms with Crippen LogP contribution < -0.4 is 14.4 Å². The summed E-state index contributed by atoms with van der Waals surface area (Å²) in [7, 11) is -2.14. The predicted octanol–water partition coefficient (Wildman–Crippen LogP) is 5.88. The fourth-order valence-electron chi connectivity index (χ4n) is 6.91. The minimum atomic E-state index is -3.96. The van der Waals surface area contributed by atoms with Crippen molar-refractivity contribution in [1.82, 2.24) is 19.9 Å². The van der Waals surface area contributed by atoms with E-state index in [1.807, 2.05) is 32.2 Å². The molecule has 2 fully saturated rings. The maximum absolute atomic E-state index is 13.4. The van der Waals surface area contributed by atoms with Crippen LogP contribution in [0.5, 0.6) is 5.88 Å². The third-order valence-electron chi connectivity index (χ3n) is 9.54. The molecule has 4 aromatic rings. The van der Waals surface area contributed by atoms with Gasteiger partial charge in [0.25, 0.3) is 10.0 Å². The number of aryl methyl sites for hydroxylation is 1. The van der Waals surface area contributed by atoms with Gasteiger partial charge in [-0.1, -0.05) is 18.9 Å². The number of fused-ring (bicyclic) bond motifs is 4. The van der Waals surface area contributed by atoms with Crippen LogP contribution in [0.4, 0.5) is 11.4 Å². The molecule has 0 unspecified atom stereocenters. The van der Waals surface area contributed by atoms with E-state index in [1.54, 1.807) is 29.4 Å². The predicted molar refractivity (Wildman–Crippen MR) is 181 cm³/mol. The largest absolute Gasteiger partial charge is 0.476 e. The smallest absolute Gasteiger partial charge is 0.263 e. The maximum Gasteiger partial charge on any atom is 0.263 e. The zero-order valence-electron chi connectivity index (χ0n) is 26.2. The molecule has 1 aromatic carbocycles. The van der Waals surface area contributed by atoms with Crippen LogP contribution in [-0.2, 0) is 20.2 Å². The number of hydrogen-bond acceptors (Lipinski definition) is 8. The van der Waals surface area contributed by atoms with Gasteiger partial charge in [0.15, 0.2) is 0 Å². The highest BCUT2D eigenvalue weighted by atomic mass is 35.5. The number of nitrogens with zero attached hydrogens (tertiary/aromatic N) is 5. The first-order chi connectivity index (χ1) is 21.7. The highest BCUT2D eigenvalue weighted by Crippen LogP contribution is 2.55. The lowest BCUT2D eigenvalue weighted by Gasteiger charge is -2.37. The number of piperidine rings is 1. The SMILES string of the molecule is Cc1ccc(S(=O)(=O)Nc2cc(-c3ccc4ncc5c(c4c3)C3(CCC3)C(=O)N5C)cnc2OCCCN2CCCCC2)cn1.Cl. The number of anilines is 2. The third kappa shape index (κ3) is 5.80. The van der Waals surface area contributed by atoms with E-state index in [0.717, 1.165) is 84.3 Å². The van der Waals surface area contributed by atoms with Gasteiger partial charge in [-0.15, -0.1) is 12.4 Å². The van der Waals surface area contributed by atoms with Crippen LogP contribution in [0.3, 0.4) is 0 Å². The number of carbonyl (C=O) groups is 1. The third-order valence-corrected chi connectivity index (χ3v) is 10.9. The number of ether oxygens (including phenoxy) is 1. The van der Waals surface area contributed by atoms with E-state index in [-0.39, 0.29) is 34.8 Å². The molecule has 5 heterocycles. The van der Waals surface area contributed by atoms with Crippen molar-refractivity contribution < 1.29 is 17.9 Å². The molecule has 2 aliphatic heterocycles. The van der Waals surface area contributed by atoms with E-state index in [2.05, 4.69) is 24.6 Å². The molecule has 0 atom stereocenters. The molecule has 242 valence electrons. The van der Waals surface area contributed by atoms with Gasteiger partial charge in [-0.3, -0.25) is 19.5 Å². The van der Waals surface area contributed by atoms with Gasteiger partial charge in [0.2, 0.25) is 11.8 Å². The molecular formula is C34H39ClN6O4S. The molecule has 1 saturated heterocycles. The topological polar surface area (TPSA) is 118 Å². The van der Waals surface area contributed by atoms with E-state index < -0.39 is 15.4 Å². The molecular weight excluding hydrogens is 624 g/mol. The molecule has 12 heteroatoms. The van der Waals surface area contributed by atoms with Crippen LogP contribution in [0, 0.1) is 6.92 Å². The van der Waals surface area contributed by atoms with Crippen molar-refractivity contribution in [1.29, 1.82) is 0 Å². The van der Waals surface area contributed by atoms with Gasteiger partial charge in [-0.25, -0.2) is 13.4 Å². The van der Waals surface area contributed by atoms with Gasteiger partial charge in [-0.05, 0) is 88.0 Å². The summed E-state index contributed by atoms with van der Waals surface area (Å²) in [5.74, 6) is 0.360. The number of aromatic nitrogens is 3. The number of rotatable bonds is 9. The molecule has 7 rings (SSSR count). The Morgan fingerprint density at radius 1 is 0.935 bits per heavy atom. The number of amides is 1. The summed E-state index contributed by atoms with van der Waals surface area (Å²) < 4.78 is 35.7. The lowest BCUT2D eigenvalue weighted by molar-refractivity contribution is -0.125. The second kappa shape index (κ2) is 12.8. The summed E-state index contributed by atoms with van der Waals surface area (Å²) >= 11 is 0. The molecule has 0 radical (unpaired) electrons. The summed E-state index contributed by atoms with van der Waals surface area (Å²) in [6, 6.07) is 10.9. The average molecular weight is 663 g/mol. The molecule has 1 saturated carbocycles. The lowest BCUT2D eigenvalue weighted by Crippen LogP contribution is -2.43. The van der Waals surface area contributed by atoms with Crippen molar-refractivity contribution in [3.8, 4) is 17.0 Å². The van der Waals surface area contributed by atoms with E-state index in [0.29, 0.717) is 6.61 Å². The molecule has 1 aliphatic carbocycles. The van der Waals surface area contributed by atoms with Gasteiger partial charge < -0.3 is 14.5 Å². The zero-order chi connectivity index (χ0) is 31.2. The Morgan fingerprint density at radius 2 is 1.74 bits per heavy atom. The van der Waals surface area contributed by atoms with E-state index in [4.69, 9.17) is 4.74 Å². The van der Waals surface area contributed by atoms with Crippen molar-refractivity contribution in [2.45, 2.75) is 62.2 Å². The van der Waals surface area contributed by atoms with Crippen LogP contribution in [0.1, 0.15) is 56.2 Å². The number of pyridine rings is 3. The first-order valence-corrected chi connectivity index (χ1v) is 17.3. The molecule has 1 amide bonds. The monoisotopic (exact) mass is 662 g/mol. The van der Waals surface area contributed by atoms with Gasteiger partial charge in [0.05, 0.1) is 29.4 Å². The molecule has 3 aliphatic rings. The first-order valence-electron chi connectivity index (χ1n) is 15.8. The number of halogens is 1. The number of likely N-dealkylation sites (tertiary alicyclic amines) is 1. The Kier molecular flexibility index (Phi) is 8.93. The van der Waals surface area contributed by atoms with Crippen LogP contribution in [0.25, 0.3) is 22.0 Å². The molecule has 46 heavy (non-hydrogen) atoms. The van der Waals surface area contributed by atoms with Crippen LogP contribution in [0.2, 0.25) is 0 Å². The number of likely N-dealkylation sites (N-methyl/N-ethyl adjacent to an activating group) is 1. The zero-order valence-corrected chi connectivity index (χ0v) is 27.8. The Morgan fingerprint density at radius 3 is 2.46 bits per heavy atom. The molecule has 0 bridgehead atoms. The fraction of sp³-hybridized carbons (Fsp3) is 0.412. The Labute approximate surface area is 276 Å². The first kappa shape index (κ1) is 32.2. The summed E-state index contributed by atoms with van der Waals surface area (Å²) in [5, 5.41) is 0.938. The number of nitrogens with one attached hydrogen (secondary N) is 1. The minimum Gasteiger partial charge on any atom is -0.476 e. The van der Waals surface area contributed by atoms with Gasteiger partial charge in [-0.2, -0.15) is 0 Å². The van der Waals surface area contributed by atoms with Gasteiger partial charge >= 0.3 is 0 Å². The normalized spacial score (nSPS) is 17.4. The summed E-state index contributed by atoms with van der Waals surface area (Å²) in [5.41, 5.74) is 4.78. The number of benzene rings is 1. The maximum atomic E-state index is 13.4. The average Bonchev–Trinajstić information content (AvgIpc) is 3.27. The number of sulfonamides is 1. The second-order valence-electron chi connectivity index (χ2n) is 12.5. The van der Waals surface area contributed by atoms with Crippen molar-refractivity contribution in [3.05, 3.63) is 66.2 Å². The Balaban J connectivity index is 0.00000372. The molecule has 3 aromatic heterocycles. The van der Waals surface area contributed by atoms with Crippen LogP contribution in [0.15, 0.2) is 59.9 Å². The van der Waals surface area contributed by atoms with Crippen molar-refractivity contribution in [2.24, 2.45) is 0 Å². The van der Waals surface area contributed by atoms with Crippen LogP contribution in [-0.4, -0.2) is 67.5 Å². The number of hydrogen-bond donors (Lipinski definition) is 1. The van der Waals surface area contributed by atoms with E-state index in [9.17, 15) is 13.2 Å². The molecule has 1 N–H and O–H groups in total. The standard InChI is InChI=1S/C34H38N6O4S.ClH/c1-23-8-10-26(21-35-23)45(42,43)38-29-19-25(20-37-32(29)44-17-7-16-40-14-4-3-5-15-40)24-9-11-28-27(18-24)31-30(22-36-28)39(2)33(41)34(31)12-6-13-34;/h8-11,18-22,38H,3-7,12-17H2,1-2H3;1H. The van der Waals surface area contributed by atoms with Crippen molar-refractivity contribution in [2.75, 3.05) is 42.9 Å². The summed E-state index contributed by atoms with van der Waals surface area (Å²) in [6.45, 7) is 5.38. The fourth-order valence-corrected chi connectivity index (χ4v) is 7.90. The second-order valence-corrected chi connectivity index (χ2v) is 14.2. The summed E-state index contributed by atoms with van der Waals surface area (Å²) in [4.78, 5) is 31.0. The highest BCUT2D eigenvalue weighted by molar-refractivity contribution is 7.92. The van der Waals surface area contributed by atoms with E-state index >= 15 is 0 Å². The van der Waals surface area contributed by atoms with Crippen molar-refractivity contribution in [3.63, 3.8) is 0 Å². The van der Waals surface area contributed by atoms with Gasteiger partial charge in [0, 0.05) is 48.2 Å². The summed E-state index contributed by atoms with van der Waals surface area (Å²) in [6.07, 6.45) is 12.1. The van der Waals surface area contributed by atoms with E-state index in [1.165, 1.54) is 31.5 Å².